The second-order valence-corrected chi connectivity index (χ2v) is 4.64. The van der Waals surface area contributed by atoms with Crippen LogP contribution in [0.25, 0.3) is 0 Å². The molecule has 1 fully saturated rings. The maximum absolute atomic E-state index is 11.5. The van der Waals surface area contributed by atoms with E-state index in [1.54, 1.807) is 0 Å². The molecule has 0 aromatic heterocycles. The quantitative estimate of drug-likeness (QED) is 0.577. The summed E-state index contributed by atoms with van der Waals surface area (Å²) in [6.07, 6.45) is 5.15. The van der Waals surface area contributed by atoms with Crippen LogP contribution in [-0.2, 0) is 9.53 Å². The smallest absolute Gasteiger partial charge is 0.333 e. The third-order valence-corrected chi connectivity index (χ3v) is 3.63. The molecular weight excluding hydrogens is 228 g/mol. The Morgan fingerprint density at radius 1 is 1.39 bits per heavy atom. The van der Waals surface area contributed by atoms with Crippen LogP contribution in [0.3, 0.4) is 0 Å². The van der Waals surface area contributed by atoms with Crippen molar-refractivity contribution in [3.63, 3.8) is 0 Å². The number of methoxy groups -OCH3 is 1. The minimum Gasteiger partial charge on any atom is -0.466 e. The molecule has 0 amide bonds. The number of carbonyl (C=O) groups excluding carboxylic acids is 1. The second kappa shape index (κ2) is 8.27. The van der Waals surface area contributed by atoms with Crippen molar-refractivity contribution in [1.82, 2.24) is 10.2 Å². The topological polar surface area (TPSA) is 41.6 Å². The molecule has 1 N–H and O–H groups in total. The van der Waals surface area contributed by atoms with Gasteiger partial charge in [0.2, 0.25) is 0 Å². The van der Waals surface area contributed by atoms with Gasteiger partial charge in [-0.3, -0.25) is 4.90 Å². The van der Waals surface area contributed by atoms with Gasteiger partial charge in [0.25, 0.3) is 0 Å². The molecule has 0 saturated carbocycles. The van der Waals surface area contributed by atoms with Crippen LogP contribution in [0, 0.1) is 0 Å². The highest BCUT2D eigenvalue weighted by Crippen LogP contribution is 2.12. The summed E-state index contributed by atoms with van der Waals surface area (Å²) in [5.41, 5.74) is 0.782. The van der Waals surface area contributed by atoms with E-state index in [0.717, 1.165) is 38.2 Å². The summed E-state index contributed by atoms with van der Waals surface area (Å²) in [4.78, 5) is 13.9. The van der Waals surface area contributed by atoms with Gasteiger partial charge >= 0.3 is 5.97 Å². The van der Waals surface area contributed by atoms with Crippen LogP contribution < -0.4 is 5.32 Å². The van der Waals surface area contributed by atoms with Crippen molar-refractivity contribution in [2.24, 2.45) is 0 Å². The largest absolute Gasteiger partial charge is 0.466 e. The first-order chi connectivity index (χ1) is 8.72. The van der Waals surface area contributed by atoms with Gasteiger partial charge in [0.1, 0.15) is 0 Å². The van der Waals surface area contributed by atoms with Gasteiger partial charge < -0.3 is 10.1 Å². The minimum atomic E-state index is -0.195. The molecule has 1 saturated heterocycles. The standard InChI is InChI=1S/C14H26N2O2/c1-4-12(14(17)18-3)8-11-16(5-2)13-6-9-15-10-7-13/h8,13,15H,4-7,9-11H2,1-3H3. The van der Waals surface area contributed by atoms with E-state index in [4.69, 9.17) is 4.74 Å². The molecule has 0 aliphatic carbocycles. The number of piperidine rings is 1. The summed E-state index contributed by atoms with van der Waals surface area (Å²) >= 11 is 0. The first-order valence-electron chi connectivity index (χ1n) is 6.95. The third kappa shape index (κ3) is 4.42. The predicted octanol–water partition coefficient (Wildman–Crippen LogP) is 1.57. The Hall–Kier alpha value is -0.870. The first-order valence-corrected chi connectivity index (χ1v) is 6.95. The Labute approximate surface area is 110 Å². The molecule has 0 radical (unpaired) electrons. The number of nitrogens with zero attached hydrogens (tertiary/aromatic N) is 1. The van der Waals surface area contributed by atoms with E-state index in [0.29, 0.717) is 6.04 Å². The van der Waals surface area contributed by atoms with Gasteiger partial charge in [-0.2, -0.15) is 0 Å². The zero-order valence-corrected chi connectivity index (χ0v) is 11.9. The number of carbonyl (C=O) groups is 1. The zero-order chi connectivity index (χ0) is 13.4. The summed E-state index contributed by atoms with van der Waals surface area (Å²) in [6, 6.07) is 0.642. The summed E-state index contributed by atoms with van der Waals surface area (Å²) in [7, 11) is 1.44. The molecule has 0 spiro atoms. The Bertz CT molecular complexity index is 284. The van der Waals surface area contributed by atoms with Gasteiger partial charge in [0, 0.05) is 18.2 Å². The van der Waals surface area contributed by atoms with E-state index in [1.807, 2.05) is 13.0 Å². The maximum atomic E-state index is 11.5. The van der Waals surface area contributed by atoms with Crippen LogP contribution in [0.15, 0.2) is 11.6 Å². The fourth-order valence-corrected chi connectivity index (χ4v) is 2.44. The average Bonchev–Trinajstić information content (AvgIpc) is 2.44. The molecule has 0 unspecified atom stereocenters. The van der Waals surface area contributed by atoms with Crippen LogP contribution >= 0.6 is 0 Å². The molecule has 4 nitrogen and oxygen atoms in total. The third-order valence-electron chi connectivity index (χ3n) is 3.63. The Balaban J connectivity index is 2.55. The van der Waals surface area contributed by atoms with Crippen LogP contribution in [0.4, 0.5) is 0 Å². The van der Waals surface area contributed by atoms with Gasteiger partial charge in [-0.05, 0) is 38.9 Å². The van der Waals surface area contributed by atoms with Gasteiger partial charge in [0.05, 0.1) is 7.11 Å². The summed E-state index contributed by atoms with van der Waals surface area (Å²) in [6.45, 7) is 8.24. The molecule has 0 aromatic carbocycles. The number of ether oxygens (including phenoxy) is 1. The number of likely N-dealkylation sites (N-methyl/N-ethyl adjacent to an activating group) is 1. The second-order valence-electron chi connectivity index (χ2n) is 4.64. The Morgan fingerprint density at radius 3 is 2.56 bits per heavy atom. The van der Waals surface area contributed by atoms with E-state index in [-0.39, 0.29) is 5.97 Å². The first kappa shape index (κ1) is 15.2. The molecular formula is C14H26N2O2. The van der Waals surface area contributed by atoms with Crippen molar-refractivity contribution in [3.05, 3.63) is 11.6 Å². The van der Waals surface area contributed by atoms with Crippen LogP contribution in [-0.4, -0.2) is 50.2 Å². The lowest BCUT2D eigenvalue weighted by Crippen LogP contribution is -2.43. The van der Waals surface area contributed by atoms with Crippen molar-refractivity contribution >= 4 is 5.97 Å². The molecule has 18 heavy (non-hydrogen) atoms. The van der Waals surface area contributed by atoms with E-state index in [1.165, 1.54) is 20.0 Å². The summed E-state index contributed by atoms with van der Waals surface area (Å²) in [5, 5.41) is 3.38. The SMILES string of the molecule is CCC(=CCN(CC)C1CCNCC1)C(=O)OC. The summed E-state index contributed by atoms with van der Waals surface area (Å²) < 4.78 is 4.78. The fraction of sp³-hybridized carbons (Fsp3) is 0.786. The molecule has 1 aliphatic rings. The average molecular weight is 254 g/mol. The molecule has 1 rings (SSSR count). The maximum Gasteiger partial charge on any atom is 0.333 e. The molecule has 1 aliphatic heterocycles. The van der Waals surface area contributed by atoms with Crippen LogP contribution in [0.5, 0.6) is 0 Å². The van der Waals surface area contributed by atoms with E-state index in [9.17, 15) is 4.79 Å². The van der Waals surface area contributed by atoms with E-state index >= 15 is 0 Å². The predicted molar refractivity (Wildman–Crippen MR) is 73.5 cm³/mol. The van der Waals surface area contributed by atoms with Gasteiger partial charge in [0.15, 0.2) is 0 Å². The van der Waals surface area contributed by atoms with Gasteiger partial charge in [-0.15, -0.1) is 0 Å². The normalized spacial score (nSPS) is 18.1. The number of rotatable bonds is 6. The molecule has 4 heteroatoms. The lowest BCUT2D eigenvalue weighted by atomic mass is 10.0. The molecule has 0 aromatic rings. The molecule has 104 valence electrons. The van der Waals surface area contributed by atoms with Crippen molar-refractivity contribution in [2.75, 3.05) is 33.3 Å². The van der Waals surface area contributed by atoms with Gasteiger partial charge in [-0.25, -0.2) is 4.79 Å². The van der Waals surface area contributed by atoms with E-state index < -0.39 is 0 Å². The van der Waals surface area contributed by atoms with Crippen LogP contribution in [0.2, 0.25) is 0 Å². The van der Waals surface area contributed by atoms with Crippen molar-refractivity contribution < 1.29 is 9.53 Å². The number of nitrogens with one attached hydrogen (secondary N) is 1. The lowest BCUT2D eigenvalue weighted by Gasteiger charge is -2.33. The lowest BCUT2D eigenvalue weighted by molar-refractivity contribution is -0.136. The minimum absolute atomic E-state index is 0.195. The highest BCUT2D eigenvalue weighted by Gasteiger charge is 2.19. The highest BCUT2D eigenvalue weighted by molar-refractivity contribution is 5.88. The fourth-order valence-electron chi connectivity index (χ4n) is 2.44. The zero-order valence-electron chi connectivity index (χ0n) is 11.9. The van der Waals surface area contributed by atoms with Gasteiger partial charge in [-0.1, -0.05) is 19.9 Å². The Kier molecular flexibility index (Phi) is 6.98. The Morgan fingerprint density at radius 2 is 2.06 bits per heavy atom. The summed E-state index contributed by atoms with van der Waals surface area (Å²) in [5.74, 6) is -0.195. The number of hydrogen-bond donors (Lipinski definition) is 1. The molecule has 1 heterocycles. The van der Waals surface area contributed by atoms with Crippen molar-refractivity contribution in [3.8, 4) is 0 Å². The number of hydrogen-bond acceptors (Lipinski definition) is 4. The monoisotopic (exact) mass is 254 g/mol. The van der Waals surface area contributed by atoms with Crippen molar-refractivity contribution in [1.29, 1.82) is 0 Å². The molecule has 0 atom stereocenters. The van der Waals surface area contributed by atoms with E-state index in [2.05, 4.69) is 17.1 Å². The van der Waals surface area contributed by atoms with Crippen molar-refractivity contribution in [2.45, 2.75) is 39.2 Å². The number of esters is 1. The van der Waals surface area contributed by atoms with Crippen LogP contribution in [0.1, 0.15) is 33.1 Å². The molecule has 0 bridgehead atoms. The highest BCUT2D eigenvalue weighted by atomic mass is 16.5.